The minimum Gasteiger partial charge on any atom is -0.337 e. The minimum atomic E-state index is -3.23. The van der Waals surface area contributed by atoms with E-state index in [1.54, 1.807) is 28.0 Å². The number of carbonyl (C=O) groups is 1. The molecule has 112 valence electrons. The fraction of sp³-hybridized carbons (Fsp3) is 0.667. The molecule has 2 rings (SSSR count). The normalized spacial score (nSPS) is 20.1. The van der Waals surface area contributed by atoms with Gasteiger partial charge in [-0.05, 0) is 25.3 Å². The van der Waals surface area contributed by atoms with E-state index in [9.17, 15) is 13.2 Å². The quantitative estimate of drug-likeness (QED) is 0.817. The van der Waals surface area contributed by atoms with Crippen molar-refractivity contribution in [1.29, 1.82) is 0 Å². The second-order valence-electron chi connectivity index (χ2n) is 5.06. The van der Waals surface area contributed by atoms with Crippen LogP contribution in [-0.2, 0) is 21.4 Å². The lowest BCUT2D eigenvalue weighted by atomic mass is 10.0. The summed E-state index contributed by atoms with van der Waals surface area (Å²) in [6, 6.07) is 1.70. The van der Waals surface area contributed by atoms with Gasteiger partial charge in [-0.3, -0.25) is 9.48 Å². The molecule has 1 saturated heterocycles. The number of carbonyl (C=O) groups excluding carboxylic acids is 1. The molecule has 0 bridgehead atoms. The van der Waals surface area contributed by atoms with Gasteiger partial charge >= 0.3 is 0 Å². The number of sulfonamides is 1. The average molecular weight is 300 g/mol. The van der Waals surface area contributed by atoms with Gasteiger partial charge in [0.05, 0.1) is 6.26 Å². The fourth-order valence-electron chi connectivity index (χ4n) is 2.41. The van der Waals surface area contributed by atoms with Crippen molar-refractivity contribution in [3.8, 4) is 0 Å². The van der Waals surface area contributed by atoms with Gasteiger partial charge in [-0.1, -0.05) is 0 Å². The molecule has 0 radical (unpaired) electrons. The van der Waals surface area contributed by atoms with E-state index < -0.39 is 10.0 Å². The molecule has 0 aliphatic carbocycles. The van der Waals surface area contributed by atoms with Crippen molar-refractivity contribution in [2.45, 2.75) is 31.8 Å². The Bertz CT molecular complexity index is 541. The topological polar surface area (TPSA) is 84.3 Å². The van der Waals surface area contributed by atoms with Gasteiger partial charge in [-0.2, -0.15) is 5.10 Å². The molecule has 1 atom stereocenters. The van der Waals surface area contributed by atoms with Crippen molar-refractivity contribution >= 4 is 15.9 Å². The molecule has 1 aliphatic rings. The number of likely N-dealkylation sites (tertiary alicyclic amines) is 1. The van der Waals surface area contributed by atoms with Gasteiger partial charge in [0.15, 0.2) is 0 Å². The Balaban J connectivity index is 1.97. The maximum Gasteiger partial charge on any atom is 0.244 e. The highest BCUT2D eigenvalue weighted by molar-refractivity contribution is 7.88. The average Bonchev–Trinajstić information content (AvgIpc) is 2.88. The van der Waals surface area contributed by atoms with Gasteiger partial charge in [0.1, 0.15) is 6.54 Å². The van der Waals surface area contributed by atoms with Crippen LogP contribution in [0.4, 0.5) is 0 Å². The molecule has 20 heavy (non-hydrogen) atoms. The summed E-state index contributed by atoms with van der Waals surface area (Å²) in [6.07, 6.45) is 7.30. The van der Waals surface area contributed by atoms with Crippen LogP contribution in [0.25, 0.3) is 0 Å². The Morgan fingerprint density at radius 3 is 2.90 bits per heavy atom. The zero-order chi connectivity index (χ0) is 14.6. The van der Waals surface area contributed by atoms with Crippen molar-refractivity contribution in [2.24, 2.45) is 0 Å². The Kier molecular flexibility index (Phi) is 4.77. The van der Waals surface area contributed by atoms with E-state index in [1.165, 1.54) is 0 Å². The van der Waals surface area contributed by atoms with Crippen LogP contribution >= 0.6 is 0 Å². The Morgan fingerprint density at radius 2 is 2.25 bits per heavy atom. The first kappa shape index (κ1) is 15.0. The summed E-state index contributed by atoms with van der Waals surface area (Å²) >= 11 is 0. The molecule has 0 unspecified atom stereocenters. The first-order chi connectivity index (χ1) is 9.46. The predicted molar refractivity (Wildman–Crippen MR) is 74.4 cm³/mol. The maximum absolute atomic E-state index is 12.3. The van der Waals surface area contributed by atoms with Crippen LogP contribution in [0, 0.1) is 0 Å². The third-order valence-corrected chi connectivity index (χ3v) is 4.08. The van der Waals surface area contributed by atoms with Gasteiger partial charge in [-0.15, -0.1) is 0 Å². The largest absolute Gasteiger partial charge is 0.337 e. The number of amides is 1. The monoisotopic (exact) mass is 300 g/mol. The summed E-state index contributed by atoms with van der Waals surface area (Å²) < 4.78 is 26.4. The fourth-order valence-corrected chi connectivity index (χ4v) is 2.91. The summed E-state index contributed by atoms with van der Waals surface area (Å²) in [5, 5.41) is 4.02. The van der Waals surface area contributed by atoms with Crippen molar-refractivity contribution in [1.82, 2.24) is 19.4 Å². The summed E-state index contributed by atoms with van der Waals surface area (Å²) in [7, 11) is -3.23. The van der Waals surface area contributed by atoms with Crippen molar-refractivity contribution in [3.63, 3.8) is 0 Å². The van der Waals surface area contributed by atoms with Crippen LogP contribution in [0.3, 0.4) is 0 Å². The number of hydrogen-bond acceptors (Lipinski definition) is 4. The van der Waals surface area contributed by atoms with Crippen LogP contribution in [0.15, 0.2) is 18.5 Å². The van der Waals surface area contributed by atoms with Gasteiger partial charge in [0, 0.05) is 31.5 Å². The molecule has 7 nitrogen and oxygen atoms in total. The molecule has 1 amide bonds. The zero-order valence-corrected chi connectivity index (χ0v) is 12.3. The van der Waals surface area contributed by atoms with Crippen LogP contribution in [0.2, 0.25) is 0 Å². The lowest BCUT2D eigenvalue weighted by Gasteiger charge is -2.35. The molecule has 1 aromatic heterocycles. The minimum absolute atomic E-state index is 0.0197. The van der Waals surface area contributed by atoms with Crippen LogP contribution in [0.1, 0.15) is 19.3 Å². The number of nitrogens with one attached hydrogen (secondary N) is 1. The lowest BCUT2D eigenvalue weighted by Crippen LogP contribution is -2.50. The number of piperidine rings is 1. The smallest absolute Gasteiger partial charge is 0.244 e. The number of hydrogen-bond donors (Lipinski definition) is 1. The van der Waals surface area contributed by atoms with Gasteiger partial charge < -0.3 is 4.90 Å². The highest BCUT2D eigenvalue weighted by Crippen LogP contribution is 2.17. The highest BCUT2D eigenvalue weighted by atomic mass is 32.2. The van der Waals surface area contributed by atoms with E-state index in [-0.39, 0.29) is 25.0 Å². The van der Waals surface area contributed by atoms with Gasteiger partial charge in [0.25, 0.3) is 0 Å². The molecule has 8 heteroatoms. The van der Waals surface area contributed by atoms with Crippen LogP contribution in [0.5, 0.6) is 0 Å². The van der Waals surface area contributed by atoms with Crippen LogP contribution in [-0.4, -0.2) is 54.4 Å². The number of aromatic nitrogens is 2. The molecule has 0 aromatic carbocycles. The number of nitrogens with zero attached hydrogens (tertiary/aromatic N) is 3. The lowest BCUT2D eigenvalue weighted by molar-refractivity contribution is -0.135. The summed E-state index contributed by atoms with van der Waals surface area (Å²) in [5.74, 6) is -0.0197. The van der Waals surface area contributed by atoms with E-state index in [0.29, 0.717) is 6.54 Å². The second-order valence-corrected chi connectivity index (χ2v) is 6.89. The SMILES string of the molecule is CS(=O)(=O)NC[C@@H]1CCCCN1C(=O)Cn1cccn1. The molecule has 1 fully saturated rings. The number of rotatable bonds is 5. The third kappa shape index (κ3) is 4.31. The molecule has 1 N–H and O–H groups in total. The summed E-state index contributed by atoms with van der Waals surface area (Å²) in [5.41, 5.74) is 0. The Hall–Kier alpha value is -1.41. The van der Waals surface area contributed by atoms with E-state index >= 15 is 0 Å². The van der Waals surface area contributed by atoms with Crippen LogP contribution < -0.4 is 4.72 Å². The highest BCUT2D eigenvalue weighted by Gasteiger charge is 2.27. The van der Waals surface area contributed by atoms with Gasteiger partial charge in [0.2, 0.25) is 15.9 Å². The second kappa shape index (κ2) is 6.36. The molecule has 0 spiro atoms. The van der Waals surface area contributed by atoms with Gasteiger partial charge in [-0.25, -0.2) is 13.1 Å². The molecule has 1 aromatic rings. The molecule has 2 heterocycles. The molecule has 0 saturated carbocycles. The van der Waals surface area contributed by atoms with Crippen molar-refractivity contribution in [2.75, 3.05) is 19.3 Å². The van der Waals surface area contributed by atoms with Crippen molar-refractivity contribution in [3.05, 3.63) is 18.5 Å². The van der Waals surface area contributed by atoms with Crippen molar-refractivity contribution < 1.29 is 13.2 Å². The predicted octanol–water partition coefficient (Wildman–Crippen LogP) is -0.187. The van der Waals surface area contributed by atoms with E-state index in [2.05, 4.69) is 9.82 Å². The van der Waals surface area contributed by atoms with E-state index in [4.69, 9.17) is 0 Å². The summed E-state index contributed by atoms with van der Waals surface area (Å²) in [6.45, 7) is 1.16. The zero-order valence-electron chi connectivity index (χ0n) is 11.5. The maximum atomic E-state index is 12.3. The Morgan fingerprint density at radius 1 is 1.45 bits per heavy atom. The molecular formula is C12H20N4O3S. The Labute approximate surface area is 119 Å². The third-order valence-electron chi connectivity index (χ3n) is 3.39. The first-order valence-electron chi connectivity index (χ1n) is 6.67. The molecule has 1 aliphatic heterocycles. The first-order valence-corrected chi connectivity index (χ1v) is 8.56. The van der Waals surface area contributed by atoms with E-state index in [0.717, 1.165) is 25.5 Å². The van der Waals surface area contributed by atoms with E-state index in [1.807, 2.05) is 0 Å². The standard InChI is InChI=1S/C12H20N4O3S/c1-20(18,19)14-9-11-5-2-3-8-16(11)12(17)10-15-7-4-6-13-15/h4,6-7,11,14H,2-3,5,8-10H2,1H3/t11-/m0/s1. The molecular weight excluding hydrogens is 280 g/mol. The summed E-state index contributed by atoms with van der Waals surface area (Å²) in [4.78, 5) is 14.1.